The number of hydrogen-bond acceptors (Lipinski definition) is 4. The predicted molar refractivity (Wildman–Crippen MR) is 75.2 cm³/mol. The van der Waals surface area contributed by atoms with Crippen molar-refractivity contribution in [3.63, 3.8) is 0 Å². The van der Waals surface area contributed by atoms with Crippen LogP contribution >= 0.6 is 0 Å². The van der Waals surface area contributed by atoms with Crippen LogP contribution in [0.15, 0.2) is 24.3 Å². The molecule has 0 aliphatic rings. The van der Waals surface area contributed by atoms with Crippen LogP contribution in [0.4, 0.5) is 0 Å². The largest absolute Gasteiger partial charge is 0.494 e. The topological polar surface area (TPSA) is 52.6 Å². The molecule has 4 nitrogen and oxygen atoms in total. The molecule has 0 amide bonds. The van der Waals surface area contributed by atoms with E-state index >= 15 is 0 Å². The molecule has 0 atom stereocenters. The van der Waals surface area contributed by atoms with Crippen molar-refractivity contribution in [2.45, 2.75) is 13.3 Å². The molecule has 1 aromatic carbocycles. The fourth-order valence-corrected chi connectivity index (χ4v) is 2.42. The molecule has 0 spiro atoms. The smallest absolute Gasteiger partial charge is 0.161 e. The molecule has 1 aromatic rings. The first-order chi connectivity index (χ1) is 9.07. The van der Waals surface area contributed by atoms with Gasteiger partial charge in [0.25, 0.3) is 0 Å². The highest BCUT2D eigenvalue weighted by Gasteiger charge is 2.08. The van der Waals surface area contributed by atoms with Gasteiger partial charge in [0.1, 0.15) is 17.3 Å². The molecule has 104 valence electrons. The van der Waals surface area contributed by atoms with Crippen molar-refractivity contribution in [2.24, 2.45) is 0 Å². The van der Waals surface area contributed by atoms with E-state index in [9.17, 15) is 8.42 Å². The fourth-order valence-electron chi connectivity index (χ4n) is 1.47. The van der Waals surface area contributed by atoms with E-state index in [1.807, 2.05) is 19.1 Å². The number of terminal acetylenes is 1. The normalized spacial score (nSPS) is 10.7. The molecule has 0 N–H and O–H groups in total. The van der Waals surface area contributed by atoms with E-state index < -0.39 is 9.84 Å². The zero-order chi connectivity index (χ0) is 14.1. The Bertz CT molecular complexity index is 511. The molecule has 0 aromatic heterocycles. The third-order valence-electron chi connectivity index (χ3n) is 2.31. The monoisotopic (exact) mass is 282 g/mol. The molecule has 0 aliphatic carbocycles. The van der Waals surface area contributed by atoms with Gasteiger partial charge in [0.2, 0.25) is 0 Å². The molecule has 0 radical (unpaired) electrons. The van der Waals surface area contributed by atoms with Crippen LogP contribution in [0, 0.1) is 12.3 Å². The van der Waals surface area contributed by atoms with E-state index in [-0.39, 0.29) is 11.5 Å². The van der Waals surface area contributed by atoms with Gasteiger partial charge < -0.3 is 9.47 Å². The van der Waals surface area contributed by atoms with E-state index in [4.69, 9.17) is 15.9 Å². The maximum absolute atomic E-state index is 11.3. The second-order valence-corrected chi connectivity index (χ2v) is 6.09. The number of rotatable bonds is 8. The highest BCUT2D eigenvalue weighted by Crippen LogP contribution is 2.17. The number of ether oxygens (including phenoxy) is 2. The summed E-state index contributed by atoms with van der Waals surface area (Å²) < 4.78 is 33.4. The average Bonchev–Trinajstić information content (AvgIpc) is 2.37. The van der Waals surface area contributed by atoms with Crippen molar-refractivity contribution in [3.05, 3.63) is 24.3 Å². The number of hydrogen-bond donors (Lipinski definition) is 0. The number of sulfone groups is 1. The Kier molecular flexibility index (Phi) is 6.23. The van der Waals surface area contributed by atoms with Gasteiger partial charge in [-0.25, -0.2) is 8.42 Å². The highest BCUT2D eigenvalue weighted by molar-refractivity contribution is 7.91. The zero-order valence-electron chi connectivity index (χ0n) is 11.0. The van der Waals surface area contributed by atoms with Crippen LogP contribution in [0.3, 0.4) is 0 Å². The summed E-state index contributed by atoms with van der Waals surface area (Å²) in [6, 6.07) is 7.21. The standard InChI is InChI=1S/C14H18O4S/c1-3-11-19(15,16)12-5-10-18-14-8-6-13(7-9-14)17-4-2/h1,6-9H,4-5,10-12H2,2H3. The van der Waals surface area contributed by atoms with Crippen LogP contribution in [-0.4, -0.2) is 33.1 Å². The Morgan fingerprint density at radius 1 is 1.16 bits per heavy atom. The minimum absolute atomic E-state index is 0.0498. The van der Waals surface area contributed by atoms with Crippen LogP contribution in [0.2, 0.25) is 0 Å². The second-order valence-electron chi connectivity index (χ2n) is 3.90. The minimum atomic E-state index is -3.14. The van der Waals surface area contributed by atoms with Crippen LogP contribution in [0.25, 0.3) is 0 Å². The maximum Gasteiger partial charge on any atom is 0.161 e. The van der Waals surface area contributed by atoms with Gasteiger partial charge in [0, 0.05) is 0 Å². The third kappa shape index (κ3) is 6.16. The van der Waals surface area contributed by atoms with E-state index in [1.165, 1.54) is 0 Å². The van der Waals surface area contributed by atoms with Crippen LogP contribution in [0.1, 0.15) is 13.3 Å². The van der Waals surface area contributed by atoms with Crippen LogP contribution in [-0.2, 0) is 9.84 Å². The lowest BCUT2D eigenvalue weighted by Crippen LogP contribution is -2.12. The van der Waals surface area contributed by atoms with Gasteiger partial charge in [-0.3, -0.25) is 0 Å². The second kappa shape index (κ2) is 7.70. The van der Waals surface area contributed by atoms with Gasteiger partial charge in [-0.1, -0.05) is 5.92 Å². The fraction of sp³-hybridized carbons (Fsp3) is 0.429. The minimum Gasteiger partial charge on any atom is -0.494 e. The van der Waals surface area contributed by atoms with Crippen molar-refractivity contribution in [1.82, 2.24) is 0 Å². The molecule has 0 fully saturated rings. The molecule has 0 saturated carbocycles. The SMILES string of the molecule is C#CCS(=O)(=O)CCCOc1ccc(OCC)cc1. The van der Waals surface area contributed by atoms with Crippen LogP contribution < -0.4 is 9.47 Å². The Hall–Kier alpha value is -1.67. The van der Waals surface area contributed by atoms with Gasteiger partial charge in [0.15, 0.2) is 9.84 Å². The Labute approximate surface area is 114 Å². The average molecular weight is 282 g/mol. The van der Waals surface area contributed by atoms with Gasteiger partial charge in [-0.05, 0) is 37.6 Å². The first-order valence-corrected chi connectivity index (χ1v) is 7.89. The number of benzene rings is 1. The van der Waals surface area contributed by atoms with Crippen molar-refractivity contribution < 1.29 is 17.9 Å². The molecule has 19 heavy (non-hydrogen) atoms. The molecule has 0 unspecified atom stereocenters. The molecule has 0 aliphatic heterocycles. The summed E-state index contributed by atoms with van der Waals surface area (Å²) in [7, 11) is -3.14. The van der Waals surface area contributed by atoms with E-state index in [1.54, 1.807) is 12.1 Å². The van der Waals surface area contributed by atoms with Gasteiger partial charge in [-0.15, -0.1) is 6.42 Å². The summed E-state index contributed by atoms with van der Waals surface area (Å²) in [6.07, 6.45) is 5.40. The predicted octanol–water partition coefficient (Wildman–Crippen LogP) is 1.90. The van der Waals surface area contributed by atoms with E-state index in [2.05, 4.69) is 5.92 Å². The van der Waals surface area contributed by atoms with Crippen molar-refractivity contribution >= 4 is 9.84 Å². The first-order valence-electron chi connectivity index (χ1n) is 6.07. The van der Waals surface area contributed by atoms with Gasteiger partial charge in [0.05, 0.1) is 19.0 Å². The summed E-state index contributed by atoms with van der Waals surface area (Å²) >= 11 is 0. The Balaban J connectivity index is 2.32. The first kappa shape index (κ1) is 15.4. The third-order valence-corrected chi connectivity index (χ3v) is 3.82. The molecular weight excluding hydrogens is 264 g/mol. The molecule has 1 rings (SSSR count). The summed E-state index contributed by atoms with van der Waals surface area (Å²) in [5.41, 5.74) is 0. The lowest BCUT2D eigenvalue weighted by molar-refractivity contribution is 0.314. The van der Waals surface area contributed by atoms with Gasteiger partial charge >= 0.3 is 0 Å². The molecular formula is C14H18O4S. The van der Waals surface area contributed by atoms with E-state index in [0.29, 0.717) is 25.4 Å². The zero-order valence-corrected chi connectivity index (χ0v) is 11.8. The Morgan fingerprint density at radius 2 is 1.74 bits per heavy atom. The lowest BCUT2D eigenvalue weighted by Gasteiger charge is -2.07. The lowest BCUT2D eigenvalue weighted by atomic mass is 10.3. The van der Waals surface area contributed by atoms with Crippen molar-refractivity contribution in [2.75, 3.05) is 24.7 Å². The molecule has 0 heterocycles. The van der Waals surface area contributed by atoms with Crippen molar-refractivity contribution in [1.29, 1.82) is 0 Å². The van der Waals surface area contributed by atoms with E-state index in [0.717, 1.165) is 5.75 Å². The summed E-state index contributed by atoms with van der Waals surface area (Å²) in [5, 5.41) is 0. The summed E-state index contributed by atoms with van der Waals surface area (Å²) in [6.45, 7) is 2.88. The van der Waals surface area contributed by atoms with Crippen molar-refractivity contribution in [3.8, 4) is 23.8 Å². The quantitative estimate of drug-likeness (QED) is 0.540. The Morgan fingerprint density at radius 3 is 2.26 bits per heavy atom. The highest BCUT2D eigenvalue weighted by atomic mass is 32.2. The van der Waals surface area contributed by atoms with Gasteiger partial charge in [-0.2, -0.15) is 0 Å². The molecule has 0 bridgehead atoms. The summed E-state index contributed by atoms with van der Waals surface area (Å²) in [4.78, 5) is 0. The van der Waals surface area contributed by atoms with Crippen LogP contribution in [0.5, 0.6) is 11.5 Å². The molecule has 0 saturated heterocycles. The maximum atomic E-state index is 11.3. The molecule has 5 heteroatoms. The summed E-state index contributed by atoms with van der Waals surface area (Å²) in [5.74, 6) is 3.46.